The highest BCUT2D eigenvalue weighted by Gasteiger charge is 2.15. The zero-order valence-corrected chi connectivity index (χ0v) is 17.2. The number of amides is 1. The van der Waals surface area contributed by atoms with E-state index >= 15 is 0 Å². The van der Waals surface area contributed by atoms with Crippen LogP contribution < -0.4 is 10.1 Å². The average Bonchev–Trinajstić information content (AvgIpc) is 2.71. The fourth-order valence-electron chi connectivity index (χ4n) is 2.73. The summed E-state index contributed by atoms with van der Waals surface area (Å²) in [7, 11) is 1.64. The van der Waals surface area contributed by atoms with Crippen LogP contribution in [0.25, 0.3) is 6.08 Å². The van der Waals surface area contributed by atoms with Crippen molar-refractivity contribution in [2.45, 2.75) is 9.79 Å². The van der Waals surface area contributed by atoms with Crippen molar-refractivity contribution >= 4 is 46.9 Å². The SMILES string of the molecule is COc1ccccc1Sc1ccc(C=CC(=O)N2CCNCC2)c(Cl)c1Cl. The van der Waals surface area contributed by atoms with Crippen LogP contribution in [0, 0.1) is 0 Å². The number of halogens is 2. The molecule has 3 rings (SSSR count). The van der Waals surface area contributed by atoms with Crippen molar-refractivity contribution < 1.29 is 9.53 Å². The first-order valence-electron chi connectivity index (χ1n) is 8.56. The summed E-state index contributed by atoms with van der Waals surface area (Å²) in [6, 6.07) is 11.5. The third-order valence-electron chi connectivity index (χ3n) is 4.20. The van der Waals surface area contributed by atoms with Crippen molar-refractivity contribution in [3.8, 4) is 5.75 Å². The van der Waals surface area contributed by atoms with Gasteiger partial charge in [0.1, 0.15) is 5.75 Å². The molecular weight excluding hydrogens is 403 g/mol. The number of nitrogens with zero attached hydrogens (tertiary/aromatic N) is 1. The fraction of sp³-hybridized carbons (Fsp3) is 0.250. The zero-order valence-electron chi connectivity index (χ0n) is 14.9. The lowest BCUT2D eigenvalue weighted by Crippen LogP contribution is -2.45. The number of carbonyl (C=O) groups is 1. The molecule has 142 valence electrons. The highest BCUT2D eigenvalue weighted by molar-refractivity contribution is 7.99. The topological polar surface area (TPSA) is 41.6 Å². The maximum absolute atomic E-state index is 12.3. The molecular formula is C20H20Cl2N2O2S. The summed E-state index contributed by atoms with van der Waals surface area (Å²) in [6.07, 6.45) is 3.27. The lowest BCUT2D eigenvalue weighted by atomic mass is 10.2. The van der Waals surface area contributed by atoms with Gasteiger partial charge in [-0.25, -0.2) is 0 Å². The Morgan fingerprint density at radius 3 is 2.59 bits per heavy atom. The number of hydrogen-bond acceptors (Lipinski definition) is 4. The lowest BCUT2D eigenvalue weighted by molar-refractivity contribution is -0.126. The van der Waals surface area contributed by atoms with Gasteiger partial charge in [0.05, 0.1) is 22.1 Å². The molecule has 1 aliphatic heterocycles. The van der Waals surface area contributed by atoms with Gasteiger partial charge in [0.2, 0.25) is 5.91 Å². The van der Waals surface area contributed by atoms with Crippen molar-refractivity contribution in [3.05, 3.63) is 58.1 Å². The Balaban J connectivity index is 1.76. The van der Waals surface area contributed by atoms with Crippen LogP contribution in [0.15, 0.2) is 52.3 Å². The van der Waals surface area contributed by atoms with Crippen molar-refractivity contribution in [1.82, 2.24) is 10.2 Å². The molecule has 7 heteroatoms. The Labute approximate surface area is 173 Å². The normalized spacial score (nSPS) is 14.6. The van der Waals surface area contributed by atoms with E-state index in [4.69, 9.17) is 27.9 Å². The summed E-state index contributed by atoms with van der Waals surface area (Å²) in [4.78, 5) is 15.9. The monoisotopic (exact) mass is 422 g/mol. The number of piperazine rings is 1. The molecule has 0 radical (unpaired) electrons. The molecule has 27 heavy (non-hydrogen) atoms. The smallest absolute Gasteiger partial charge is 0.246 e. The predicted molar refractivity (Wildman–Crippen MR) is 112 cm³/mol. The van der Waals surface area contributed by atoms with Crippen LogP contribution in [0.2, 0.25) is 10.0 Å². The molecule has 1 aliphatic rings. The molecule has 1 N–H and O–H groups in total. The zero-order chi connectivity index (χ0) is 19.2. The second kappa shape index (κ2) is 9.51. The highest BCUT2D eigenvalue weighted by Crippen LogP contribution is 2.41. The van der Waals surface area contributed by atoms with E-state index in [2.05, 4.69) is 5.32 Å². The van der Waals surface area contributed by atoms with Crippen LogP contribution in [-0.2, 0) is 4.79 Å². The first-order valence-corrected chi connectivity index (χ1v) is 10.1. The first kappa shape index (κ1) is 20.1. The Bertz CT molecular complexity index is 852. The number of benzene rings is 2. The maximum atomic E-state index is 12.3. The molecule has 0 atom stereocenters. The van der Waals surface area contributed by atoms with E-state index in [1.807, 2.05) is 41.3 Å². The summed E-state index contributed by atoms with van der Waals surface area (Å²) in [6.45, 7) is 3.07. The summed E-state index contributed by atoms with van der Waals surface area (Å²) < 4.78 is 5.38. The quantitative estimate of drug-likeness (QED) is 0.714. The van der Waals surface area contributed by atoms with E-state index in [1.165, 1.54) is 11.8 Å². The molecule has 0 spiro atoms. The second-order valence-corrected chi connectivity index (χ2v) is 7.78. The van der Waals surface area contributed by atoms with Gasteiger partial charge in [-0.2, -0.15) is 0 Å². The van der Waals surface area contributed by atoms with Gasteiger partial charge in [-0.1, -0.05) is 53.2 Å². The molecule has 0 aromatic heterocycles. The summed E-state index contributed by atoms with van der Waals surface area (Å²) in [5.41, 5.74) is 0.717. The Morgan fingerprint density at radius 2 is 1.85 bits per heavy atom. The Kier molecular flexibility index (Phi) is 7.07. The third kappa shape index (κ3) is 4.99. The number of para-hydroxylation sites is 1. The maximum Gasteiger partial charge on any atom is 0.246 e. The van der Waals surface area contributed by atoms with Crippen LogP contribution in [-0.4, -0.2) is 44.1 Å². The minimum absolute atomic E-state index is 0.0174. The first-order chi connectivity index (χ1) is 13.1. The van der Waals surface area contributed by atoms with Crippen LogP contribution in [0.5, 0.6) is 5.75 Å². The number of nitrogens with one attached hydrogen (secondary N) is 1. The summed E-state index contributed by atoms with van der Waals surface area (Å²) >= 11 is 14.4. The van der Waals surface area contributed by atoms with Gasteiger partial charge in [0, 0.05) is 37.2 Å². The van der Waals surface area contributed by atoms with Gasteiger partial charge in [0.15, 0.2) is 0 Å². The fourth-order valence-corrected chi connectivity index (χ4v) is 4.26. The van der Waals surface area contributed by atoms with Crippen molar-refractivity contribution in [1.29, 1.82) is 0 Å². The molecule has 0 bridgehead atoms. The van der Waals surface area contributed by atoms with Gasteiger partial charge in [-0.15, -0.1) is 0 Å². The third-order valence-corrected chi connectivity index (χ3v) is 6.33. The Morgan fingerprint density at radius 1 is 1.11 bits per heavy atom. The van der Waals surface area contributed by atoms with Gasteiger partial charge in [-0.3, -0.25) is 4.79 Å². The van der Waals surface area contributed by atoms with Gasteiger partial charge in [-0.05, 0) is 29.8 Å². The lowest BCUT2D eigenvalue weighted by Gasteiger charge is -2.26. The number of hydrogen-bond donors (Lipinski definition) is 1. The van der Waals surface area contributed by atoms with E-state index in [9.17, 15) is 4.79 Å². The van der Waals surface area contributed by atoms with Gasteiger partial charge < -0.3 is 15.0 Å². The highest BCUT2D eigenvalue weighted by atomic mass is 35.5. The number of ether oxygens (including phenoxy) is 1. The molecule has 0 saturated carbocycles. The summed E-state index contributed by atoms with van der Waals surface area (Å²) in [5.74, 6) is 0.761. The molecule has 1 saturated heterocycles. The van der Waals surface area contributed by atoms with Gasteiger partial charge >= 0.3 is 0 Å². The molecule has 1 fully saturated rings. The molecule has 1 amide bonds. The molecule has 0 unspecified atom stereocenters. The number of carbonyl (C=O) groups excluding carboxylic acids is 1. The van der Waals surface area contributed by atoms with Crippen LogP contribution in [0.3, 0.4) is 0 Å². The molecule has 2 aromatic carbocycles. The molecule has 0 aliphatic carbocycles. The van der Waals surface area contributed by atoms with Crippen LogP contribution >= 0.6 is 35.0 Å². The van der Waals surface area contributed by atoms with E-state index in [0.29, 0.717) is 23.1 Å². The van der Waals surface area contributed by atoms with Crippen LogP contribution in [0.1, 0.15) is 5.56 Å². The largest absolute Gasteiger partial charge is 0.496 e. The molecule has 1 heterocycles. The number of rotatable bonds is 5. The second-order valence-electron chi connectivity index (χ2n) is 5.94. The van der Waals surface area contributed by atoms with E-state index < -0.39 is 0 Å². The van der Waals surface area contributed by atoms with Crippen LogP contribution in [0.4, 0.5) is 0 Å². The number of methoxy groups -OCH3 is 1. The Hall–Kier alpha value is -1.66. The molecule has 2 aromatic rings. The van der Waals surface area contributed by atoms with Gasteiger partial charge in [0.25, 0.3) is 0 Å². The minimum atomic E-state index is -0.0174. The van der Waals surface area contributed by atoms with E-state index in [0.717, 1.165) is 34.2 Å². The standard InChI is InChI=1S/C20H20Cl2N2O2S/c1-26-15-4-2-3-5-16(15)27-17-8-6-14(19(21)20(17)22)7-9-18(25)24-12-10-23-11-13-24/h2-9,23H,10-13H2,1H3. The van der Waals surface area contributed by atoms with Crippen molar-refractivity contribution in [2.75, 3.05) is 33.3 Å². The van der Waals surface area contributed by atoms with Crippen molar-refractivity contribution in [3.63, 3.8) is 0 Å². The predicted octanol–water partition coefficient (Wildman–Crippen LogP) is 4.60. The minimum Gasteiger partial charge on any atom is -0.496 e. The average molecular weight is 423 g/mol. The summed E-state index contributed by atoms with van der Waals surface area (Å²) in [5, 5.41) is 4.12. The molecule has 4 nitrogen and oxygen atoms in total. The van der Waals surface area contributed by atoms with E-state index in [-0.39, 0.29) is 5.91 Å². The van der Waals surface area contributed by atoms with Crippen molar-refractivity contribution in [2.24, 2.45) is 0 Å². The van der Waals surface area contributed by atoms with E-state index in [1.54, 1.807) is 19.3 Å².